The first kappa shape index (κ1) is 12.5. The van der Waals surface area contributed by atoms with Gasteiger partial charge in [0.1, 0.15) is 0 Å². The molecule has 0 aromatic heterocycles. The highest BCUT2D eigenvalue weighted by Crippen LogP contribution is 2.32. The maximum atomic E-state index is 8.67. The standard InChI is InChI=1S/C14H18N2S/c1-16-13(5-2-8-15)11-6-7-14-12(10-11)4-3-9-17-14/h6-7,10,13,16H,2-5,9H2,1H3. The first-order chi connectivity index (χ1) is 8.35. The summed E-state index contributed by atoms with van der Waals surface area (Å²) in [5.74, 6) is 1.25. The van der Waals surface area contributed by atoms with Gasteiger partial charge in [-0.15, -0.1) is 11.8 Å². The Morgan fingerprint density at radius 1 is 1.53 bits per heavy atom. The van der Waals surface area contributed by atoms with Gasteiger partial charge in [-0.3, -0.25) is 0 Å². The predicted octanol–water partition coefficient (Wildman–Crippen LogP) is 3.29. The second kappa shape index (κ2) is 6.09. The van der Waals surface area contributed by atoms with Crippen LogP contribution in [0, 0.1) is 11.3 Å². The predicted molar refractivity (Wildman–Crippen MR) is 72.1 cm³/mol. The number of nitrogens with zero attached hydrogens (tertiary/aromatic N) is 1. The summed E-state index contributed by atoms with van der Waals surface area (Å²) < 4.78 is 0. The molecule has 1 aromatic rings. The summed E-state index contributed by atoms with van der Waals surface area (Å²) in [6, 6.07) is 9.30. The third-order valence-corrected chi connectivity index (χ3v) is 4.43. The molecule has 0 aliphatic carbocycles. The summed E-state index contributed by atoms with van der Waals surface area (Å²) in [6.45, 7) is 0. The zero-order valence-electron chi connectivity index (χ0n) is 10.2. The molecule has 1 N–H and O–H groups in total. The van der Waals surface area contributed by atoms with E-state index in [4.69, 9.17) is 5.26 Å². The van der Waals surface area contributed by atoms with Crippen LogP contribution in [0.5, 0.6) is 0 Å². The van der Waals surface area contributed by atoms with E-state index in [0.29, 0.717) is 12.5 Å². The summed E-state index contributed by atoms with van der Waals surface area (Å²) in [7, 11) is 1.97. The molecule has 1 heterocycles. The normalized spacial score (nSPS) is 16.0. The first-order valence-electron chi connectivity index (χ1n) is 6.15. The van der Waals surface area contributed by atoms with Gasteiger partial charge in [0.05, 0.1) is 6.07 Å². The van der Waals surface area contributed by atoms with Crippen LogP contribution >= 0.6 is 11.8 Å². The van der Waals surface area contributed by atoms with Gasteiger partial charge in [0.2, 0.25) is 0 Å². The van der Waals surface area contributed by atoms with Crippen molar-refractivity contribution < 1.29 is 0 Å². The van der Waals surface area contributed by atoms with Gasteiger partial charge in [0.25, 0.3) is 0 Å². The van der Waals surface area contributed by atoms with Crippen LogP contribution in [0.2, 0.25) is 0 Å². The van der Waals surface area contributed by atoms with Crippen LogP contribution in [0.3, 0.4) is 0 Å². The second-order valence-electron chi connectivity index (χ2n) is 4.36. The zero-order chi connectivity index (χ0) is 12.1. The van der Waals surface area contributed by atoms with Crippen LogP contribution in [0.15, 0.2) is 23.1 Å². The number of benzene rings is 1. The molecule has 0 saturated heterocycles. The van der Waals surface area contributed by atoms with Crippen LogP contribution in [0.4, 0.5) is 0 Å². The minimum Gasteiger partial charge on any atom is -0.313 e. The van der Waals surface area contributed by atoms with E-state index in [9.17, 15) is 0 Å². The van der Waals surface area contributed by atoms with Crippen molar-refractivity contribution in [3.8, 4) is 6.07 Å². The number of nitriles is 1. The van der Waals surface area contributed by atoms with Crippen molar-refractivity contribution in [2.24, 2.45) is 0 Å². The van der Waals surface area contributed by atoms with Crippen LogP contribution in [-0.2, 0) is 6.42 Å². The van der Waals surface area contributed by atoms with Crippen molar-refractivity contribution in [2.45, 2.75) is 36.6 Å². The minimum atomic E-state index is 0.312. The molecule has 0 saturated carbocycles. The largest absolute Gasteiger partial charge is 0.313 e. The van der Waals surface area contributed by atoms with Crippen molar-refractivity contribution in [3.63, 3.8) is 0 Å². The third kappa shape index (κ3) is 3.02. The molecule has 0 radical (unpaired) electrons. The lowest BCUT2D eigenvalue weighted by Crippen LogP contribution is -2.16. The SMILES string of the molecule is CNC(CCC#N)c1ccc2c(c1)CCCS2. The van der Waals surface area contributed by atoms with Crippen molar-refractivity contribution in [1.29, 1.82) is 5.26 Å². The summed E-state index contributed by atoms with van der Waals surface area (Å²) >= 11 is 1.96. The van der Waals surface area contributed by atoms with Gasteiger partial charge in [-0.05, 0) is 49.3 Å². The Kier molecular flexibility index (Phi) is 4.47. The summed E-state index contributed by atoms with van der Waals surface area (Å²) in [6.07, 6.45) is 3.98. The number of aryl methyl sites for hydroxylation is 1. The van der Waals surface area contributed by atoms with Gasteiger partial charge in [0, 0.05) is 17.4 Å². The van der Waals surface area contributed by atoms with E-state index in [1.165, 1.54) is 34.6 Å². The molecule has 1 aliphatic heterocycles. The fraction of sp³-hybridized carbons (Fsp3) is 0.500. The van der Waals surface area contributed by atoms with Gasteiger partial charge in [-0.1, -0.05) is 12.1 Å². The molecule has 2 nitrogen and oxygen atoms in total. The van der Waals surface area contributed by atoms with E-state index in [2.05, 4.69) is 29.6 Å². The Morgan fingerprint density at radius 3 is 3.18 bits per heavy atom. The van der Waals surface area contributed by atoms with Gasteiger partial charge >= 0.3 is 0 Å². The van der Waals surface area contributed by atoms with Crippen LogP contribution in [-0.4, -0.2) is 12.8 Å². The topological polar surface area (TPSA) is 35.8 Å². The maximum Gasteiger partial charge on any atom is 0.0622 e. The number of fused-ring (bicyclic) bond motifs is 1. The molecule has 0 amide bonds. The van der Waals surface area contributed by atoms with E-state index in [0.717, 1.165) is 6.42 Å². The smallest absolute Gasteiger partial charge is 0.0622 e. The van der Waals surface area contributed by atoms with Crippen molar-refractivity contribution in [1.82, 2.24) is 5.32 Å². The average molecular weight is 246 g/mol. The zero-order valence-corrected chi connectivity index (χ0v) is 11.0. The lowest BCUT2D eigenvalue weighted by molar-refractivity contribution is 0.556. The Balaban J connectivity index is 2.17. The lowest BCUT2D eigenvalue weighted by Gasteiger charge is -2.20. The second-order valence-corrected chi connectivity index (χ2v) is 5.49. The molecule has 3 heteroatoms. The summed E-state index contributed by atoms with van der Waals surface area (Å²) in [5, 5.41) is 12.0. The monoisotopic (exact) mass is 246 g/mol. The number of hydrogen-bond donors (Lipinski definition) is 1. The molecule has 2 rings (SSSR count). The number of rotatable bonds is 4. The molecular formula is C14H18N2S. The van der Waals surface area contributed by atoms with Crippen LogP contribution < -0.4 is 5.32 Å². The van der Waals surface area contributed by atoms with Crippen LogP contribution in [0.1, 0.15) is 36.4 Å². The Hall–Kier alpha value is -0.980. The summed E-state index contributed by atoms with van der Waals surface area (Å²) in [4.78, 5) is 1.44. The van der Waals surface area contributed by atoms with Crippen molar-refractivity contribution in [3.05, 3.63) is 29.3 Å². The molecule has 1 atom stereocenters. The lowest BCUT2D eigenvalue weighted by atomic mass is 9.98. The Morgan fingerprint density at radius 2 is 2.41 bits per heavy atom. The highest BCUT2D eigenvalue weighted by molar-refractivity contribution is 7.99. The molecule has 0 spiro atoms. The van der Waals surface area contributed by atoms with Gasteiger partial charge in [-0.2, -0.15) is 5.26 Å². The fourth-order valence-corrected chi connectivity index (χ4v) is 3.30. The van der Waals surface area contributed by atoms with Gasteiger partial charge < -0.3 is 5.32 Å². The highest BCUT2D eigenvalue weighted by Gasteiger charge is 2.14. The number of hydrogen-bond acceptors (Lipinski definition) is 3. The minimum absolute atomic E-state index is 0.312. The molecule has 17 heavy (non-hydrogen) atoms. The quantitative estimate of drug-likeness (QED) is 0.885. The summed E-state index contributed by atoms with van der Waals surface area (Å²) in [5.41, 5.74) is 2.81. The number of thioether (sulfide) groups is 1. The highest BCUT2D eigenvalue weighted by atomic mass is 32.2. The fourth-order valence-electron chi connectivity index (χ4n) is 2.28. The first-order valence-corrected chi connectivity index (χ1v) is 7.13. The van der Waals surface area contributed by atoms with Gasteiger partial charge in [0.15, 0.2) is 0 Å². The molecule has 0 bridgehead atoms. The van der Waals surface area contributed by atoms with E-state index < -0.39 is 0 Å². The van der Waals surface area contributed by atoms with E-state index in [1.807, 2.05) is 18.8 Å². The average Bonchev–Trinajstić information content (AvgIpc) is 2.39. The van der Waals surface area contributed by atoms with E-state index in [1.54, 1.807) is 0 Å². The van der Waals surface area contributed by atoms with Crippen LogP contribution in [0.25, 0.3) is 0 Å². The molecule has 1 aliphatic rings. The van der Waals surface area contributed by atoms with Crippen molar-refractivity contribution >= 4 is 11.8 Å². The Bertz CT molecular complexity index is 423. The third-order valence-electron chi connectivity index (χ3n) is 3.23. The number of nitrogens with one attached hydrogen (secondary N) is 1. The molecule has 1 unspecified atom stereocenters. The van der Waals surface area contributed by atoms with Gasteiger partial charge in [-0.25, -0.2) is 0 Å². The van der Waals surface area contributed by atoms with E-state index >= 15 is 0 Å². The molecule has 90 valence electrons. The maximum absolute atomic E-state index is 8.67. The van der Waals surface area contributed by atoms with Crippen molar-refractivity contribution in [2.75, 3.05) is 12.8 Å². The molecule has 0 fully saturated rings. The van der Waals surface area contributed by atoms with E-state index in [-0.39, 0.29) is 0 Å². The Labute approximate surface area is 107 Å². The molecule has 1 aromatic carbocycles. The molecular weight excluding hydrogens is 228 g/mol.